The lowest BCUT2D eigenvalue weighted by molar-refractivity contribution is -0.118. The molecule has 2 N–H and O–H groups in total. The van der Waals surface area contributed by atoms with Crippen LogP contribution in [0.1, 0.15) is 31.4 Å². The Bertz CT molecular complexity index is 461. The molecule has 0 radical (unpaired) electrons. The second kappa shape index (κ2) is 6.93. The maximum Gasteiger partial charge on any atom is 0.317 e. The summed E-state index contributed by atoms with van der Waals surface area (Å²) < 4.78 is 0. The van der Waals surface area contributed by atoms with Gasteiger partial charge in [0.1, 0.15) is 0 Å². The van der Waals surface area contributed by atoms with E-state index in [1.54, 1.807) is 0 Å². The summed E-state index contributed by atoms with van der Waals surface area (Å²) in [7, 11) is 0. The minimum atomic E-state index is -0.0387. The van der Waals surface area contributed by atoms with Gasteiger partial charge in [-0.3, -0.25) is 4.79 Å². The van der Waals surface area contributed by atoms with Crippen molar-refractivity contribution in [1.82, 2.24) is 15.5 Å². The molecular weight excluding hydrogens is 254 g/mol. The van der Waals surface area contributed by atoms with Crippen LogP contribution in [0.25, 0.3) is 0 Å². The molecule has 1 aromatic rings. The normalized spacial score (nSPS) is 17.2. The van der Waals surface area contributed by atoms with Gasteiger partial charge in [0.15, 0.2) is 0 Å². The monoisotopic (exact) mass is 275 g/mol. The van der Waals surface area contributed by atoms with Gasteiger partial charge in [-0.1, -0.05) is 30.3 Å². The van der Waals surface area contributed by atoms with E-state index in [-0.39, 0.29) is 18.0 Å². The highest BCUT2D eigenvalue weighted by Gasteiger charge is 2.32. The van der Waals surface area contributed by atoms with Crippen molar-refractivity contribution in [1.29, 1.82) is 0 Å². The number of nitrogens with one attached hydrogen (secondary N) is 2. The van der Waals surface area contributed by atoms with Crippen molar-refractivity contribution < 1.29 is 9.59 Å². The summed E-state index contributed by atoms with van der Waals surface area (Å²) in [4.78, 5) is 24.6. The molecule has 0 unspecified atom stereocenters. The second-order valence-electron chi connectivity index (χ2n) is 4.98. The van der Waals surface area contributed by atoms with Gasteiger partial charge in [0.2, 0.25) is 5.91 Å². The molecule has 1 atom stereocenters. The Balaban J connectivity index is 1.72. The predicted molar refractivity (Wildman–Crippen MR) is 77.2 cm³/mol. The van der Waals surface area contributed by atoms with Gasteiger partial charge in [-0.15, -0.1) is 0 Å². The van der Waals surface area contributed by atoms with Gasteiger partial charge < -0.3 is 15.5 Å². The van der Waals surface area contributed by atoms with E-state index in [2.05, 4.69) is 22.8 Å². The van der Waals surface area contributed by atoms with Crippen LogP contribution in [0.15, 0.2) is 30.3 Å². The summed E-state index contributed by atoms with van der Waals surface area (Å²) in [6, 6.07) is 10.3. The lowest BCUT2D eigenvalue weighted by Gasteiger charge is -2.41. The number of nitrogens with zero attached hydrogens (tertiary/aromatic N) is 1. The molecule has 5 heteroatoms. The maximum atomic E-state index is 12.0. The van der Waals surface area contributed by atoms with E-state index >= 15 is 0 Å². The molecule has 0 spiro atoms. The van der Waals surface area contributed by atoms with Crippen LogP contribution in [0.3, 0.4) is 0 Å². The SMILES string of the molecule is CC(=O)NCCCNC(=O)N1CC[C@@H]1c1ccccc1. The molecule has 0 aromatic heterocycles. The molecule has 5 nitrogen and oxygen atoms in total. The number of carbonyl (C=O) groups excluding carboxylic acids is 2. The molecule has 1 aromatic carbocycles. The van der Waals surface area contributed by atoms with Crippen molar-refractivity contribution in [2.75, 3.05) is 19.6 Å². The van der Waals surface area contributed by atoms with Gasteiger partial charge in [-0.25, -0.2) is 4.79 Å². The number of benzene rings is 1. The summed E-state index contributed by atoms with van der Waals surface area (Å²) in [5.74, 6) is -0.0387. The summed E-state index contributed by atoms with van der Waals surface area (Å²) in [5.41, 5.74) is 1.19. The Hall–Kier alpha value is -2.04. The highest BCUT2D eigenvalue weighted by molar-refractivity contribution is 5.75. The summed E-state index contributed by atoms with van der Waals surface area (Å²) in [5, 5.41) is 5.60. The van der Waals surface area contributed by atoms with E-state index in [9.17, 15) is 9.59 Å². The predicted octanol–water partition coefficient (Wildman–Crippen LogP) is 1.67. The van der Waals surface area contributed by atoms with Crippen molar-refractivity contribution in [2.24, 2.45) is 0 Å². The van der Waals surface area contributed by atoms with E-state index in [1.807, 2.05) is 23.1 Å². The van der Waals surface area contributed by atoms with Gasteiger partial charge in [0.25, 0.3) is 0 Å². The number of rotatable bonds is 5. The first-order chi connectivity index (χ1) is 9.68. The largest absolute Gasteiger partial charge is 0.356 e. The molecule has 1 saturated heterocycles. The van der Waals surface area contributed by atoms with E-state index < -0.39 is 0 Å². The first-order valence-electron chi connectivity index (χ1n) is 7.02. The zero-order chi connectivity index (χ0) is 14.4. The number of hydrogen-bond acceptors (Lipinski definition) is 2. The van der Waals surface area contributed by atoms with E-state index in [1.165, 1.54) is 12.5 Å². The maximum absolute atomic E-state index is 12.0. The Labute approximate surface area is 119 Å². The molecule has 1 aliphatic rings. The van der Waals surface area contributed by atoms with E-state index in [0.717, 1.165) is 19.4 Å². The molecule has 0 aliphatic carbocycles. The number of amides is 3. The molecule has 108 valence electrons. The van der Waals surface area contributed by atoms with Crippen LogP contribution in [-0.2, 0) is 4.79 Å². The smallest absolute Gasteiger partial charge is 0.317 e. The molecule has 2 rings (SSSR count). The lowest BCUT2D eigenvalue weighted by Crippen LogP contribution is -2.50. The fraction of sp³-hybridized carbons (Fsp3) is 0.467. The Morgan fingerprint density at radius 1 is 1.20 bits per heavy atom. The second-order valence-corrected chi connectivity index (χ2v) is 4.98. The van der Waals surface area contributed by atoms with Crippen molar-refractivity contribution >= 4 is 11.9 Å². The van der Waals surface area contributed by atoms with Gasteiger partial charge >= 0.3 is 6.03 Å². The molecule has 0 saturated carbocycles. The fourth-order valence-electron chi connectivity index (χ4n) is 2.30. The standard InChI is InChI=1S/C15H21N3O2/c1-12(19)16-9-5-10-17-15(20)18-11-8-14(18)13-6-3-2-4-7-13/h2-4,6-7,14H,5,8-11H2,1H3,(H,16,19)(H,17,20)/t14-/m1/s1. The van der Waals surface area contributed by atoms with Crippen LogP contribution >= 0.6 is 0 Å². The van der Waals surface area contributed by atoms with Crippen LogP contribution in [0.2, 0.25) is 0 Å². The summed E-state index contributed by atoms with van der Waals surface area (Å²) >= 11 is 0. The number of likely N-dealkylation sites (tertiary alicyclic amines) is 1. The van der Waals surface area contributed by atoms with Crippen molar-refractivity contribution in [3.63, 3.8) is 0 Å². The van der Waals surface area contributed by atoms with Crippen molar-refractivity contribution in [3.8, 4) is 0 Å². The van der Waals surface area contributed by atoms with Crippen LogP contribution in [0, 0.1) is 0 Å². The van der Waals surface area contributed by atoms with Gasteiger partial charge in [0, 0.05) is 26.6 Å². The van der Waals surface area contributed by atoms with Gasteiger partial charge in [0.05, 0.1) is 6.04 Å². The van der Waals surface area contributed by atoms with Crippen LogP contribution < -0.4 is 10.6 Å². The Morgan fingerprint density at radius 3 is 2.50 bits per heavy atom. The number of urea groups is 1. The third-order valence-corrected chi connectivity index (χ3v) is 3.47. The molecular formula is C15H21N3O2. The van der Waals surface area contributed by atoms with Gasteiger partial charge in [-0.2, -0.15) is 0 Å². The number of hydrogen-bond donors (Lipinski definition) is 2. The van der Waals surface area contributed by atoms with Gasteiger partial charge in [-0.05, 0) is 18.4 Å². The Morgan fingerprint density at radius 2 is 1.90 bits per heavy atom. The highest BCUT2D eigenvalue weighted by atomic mass is 16.2. The molecule has 1 fully saturated rings. The average Bonchev–Trinajstić information content (AvgIpc) is 2.38. The summed E-state index contributed by atoms with van der Waals surface area (Å²) in [6.07, 6.45) is 1.76. The Kier molecular flexibility index (Phi) is 4.98. The lowest BCUT2D eigenvalue weighted by atomic mass is 9.95. The highest BCUT2D eigenvalue weighted by Crippen LogP contribution is 2.32. The van der Waals surface area contributed by atoms with Crippen molar-refractivity contribution in [3.05, 3.63) is 35.9 Å². The molecule has 20 heavy (non-hydrogen) atoms. The molecule has 3 amide bonds. The number of carbonyl (C=O) groups is 2. The zero-order valence-electron chi connectivity index (χ0n) is 11.8. The molecule has 0 bridgehead atoms. The van der Waals surface area contributed by atoms with E-state index in [4.69, 9.17) is 0 Å². The minimum absolute atomic E-state index is 0.0204. The molecule has 1 heterocycles. The fourth-order valence-corrected chi connectivity index (χ4v) is 2.30. The van der Waals surface area contributed by atoms with Crippen LogP contribution in [-0.4, -0.2) is 36.5 Å². The van der Waals surface area contributed by atoms with Crippen molar-refractivity contribution in [2.45, 2.75) is 25.8 Å². The first kappa shape index (κ1) is 14.4. The third kappa shape index (κ3) is 3.73. The zero-order valence-corrected chi connectivity index (χ0v) is 11.8. The van der Waals surface area contributed by atoms with E-state index in [0.29, 0.717) is 13.1 Å². The van der Waals surface area contributed by atoms with Crippen LogP contribution in [0.4, 0.5) is 4.79 Å². The summed E-state index contributed by atoms with van der Waals surface area (Å²) in [6.45, 7) is 3.47. The minimum Gasteiger partial charge on any atom is -0.356 e. The van der Waals surface area contributed by atoms with Crippen LogP contribution in [0.5, 0.6) is 0 Å². The first-order valence-corrected chi connectivity index (χ1v) is 7.02. The quantitative estimate of drug-likeness (QED) is 0.803. The average molecular weight is 275 g/mol. The third-order valence-electron chi connectivity index (χ3n) is 3.47. The molecule has 1 aliphatic heterocycles. The topological polar surface area (TPSA) is 61.4 Å².